The van der Waals surface area contributed by atoms with E-state index in [9.17, 15) is 0 Å². The topological polar surface area (TPSA) is 24.5 Å². The Morgan fingerprint density at radius 1 is 1.24 bits per heavy atom. The van der Waals surface area contributed by atoms with Crippen LogP contribution < -0.4 is 10.1 Å². The summed E-state index contributed by atoms with van der Waals surface area (Å²) >= 11 is 0. The van der Waals surface area contributed by atoms with Gasteiger partial charge in [-0.25, -0.2) is 0 Å². The molecular weight excluding hydrogens is 260 g/mol. The largest absolute Gasteiger partial charge is 0.494 e. The number of hydrogen-bond acceptors (Lipinski definition) is 3. The van der Waals surface area contributed by atoms with E-state index in [0.717, 1.165) is 38.4 Å². The molecule has 118 valence electrons. The highest BCUT2D eigenvalue weighted by molar-refractivity contribution is 5.20. The van der Waals surface area contributed by atoms with Gasteiger partial charge in [-0.3, -0.25) is 4.90 Å². The Hall–Kier alpha value is -1.06. The third-order valence-electron chi connectivity index (χ3n) is 4.85. The van der Waals surface area contributed by atoms with E-state index >= 15 is 0 Å². The number of benzene rings is 1. The molecule has 1 aliphatic rings. The number of nitrogens with one attached hydrogen (secondary N) is 1. The van der Waals surface area contributed by atoms with Crippen molar-refractivity contribution in [2.75, 3.05) is 26.2 Å². The van der Waals surface area contributed by atoms with Gasteiger partial charge in [-0.1, -0.05) is 32.0 Å². The third-order valence-corrected chi connectivity index (χ3v) is 4.85. The highest BCUT2D eigenvalue weighted by Gasteiger charge is 2.37. The smallest absolute Gasteiger partial charge is 0.119 e. The molecule has 1 N–H and O–H groups in total. The molecule has 0 amide bonds. The lowest BCUT2D eigenvalue weighted by Gasteiger charge is -2.49. The summed E-state index contributed by atoms with van der Waals surface area (Å²) < 4.78 is 5.82. The Bertz CT molecular complexity index is 403. The molecule has 0 spiro atoms. The maximum absolute atomic E-state index is 5.82. The average molecular weight is 290 g/mol. The maximum Gasteiger partial charge on any atom is 0.119 e. The van der Waals surface area contributed by atoms with Crippen molar-refractivity contribution in [2.24, 2.45) is 0 Å². The van der Waals surface area contributed by atoms with Gasteiger partial charge in [0.2, 0.25) is 0 Å². The summed E-state index contributed by atoms with van der Waals surface area (Å²) in [7, 11) is 0. The van der Waals surface area contributed by atoms with Gasteiger partial charge in [-0.2, -0.15) is 0 Å². The van der Waals surface area contributed by atoms with Crippen LogP contribution in [0, 0.1) is 0 Å². The molecule has 3 heteroatoms. The van der Waals surface area contributed by atoms with Crippen molar-refractivity contribution < 1.29 is 4.74 Å². The van der Waals surface area contributed by atoms with Crippen molar-refractivity contribution in [2.45, 2.75) is 51.6 Å². The Kier molecular flexibility index (Phi) is 6.07. The molecule has 1 saturated heterocycles. The first-order valence-corrected chi connectivity index (χ1v) is 8.36. The van der Waals surface area contributed by atoms with Gasteiger partial charge in [0.1, 0.15) is 5.75 Å². The lowest BCUT2D eigenvalue weighted by Crippen LogP contribution is -2.63. The molecule has 1 atom stereocenters. The second-order valence-electron chi connectivity index (χ2n) is 6.17. The van der Waals surface area contributed by atoms with E-state index in [1.807, 2.05) is 30.3 Å². The van der Waals surface area contributed by atoms with E-state index in [1.165, 1.54) is 12.8 Å². The fourth-order valence-corrected chi connectivity index (χ4v) is 3.30. The van der Waals surface area contributed by atoms with Crippen molar-refractivity contribution in [1.82, 2.24) is 10.2 Å². The lowest BCUT2D eigenvalue weighted by atomic mass is 9.87. The zero-order chi connectivity index (χ0) is 15.1. The molecule has 1 aromatic carbocycles. The highest BCUT2D eigenvalue weighted by Crippen LogP contribution is 2.27. The van der Waals surface area contributed by atoms with Gasteiger partial charge >= 0.3 is 0 Å². The van der Waals surface area contributed by atoms with Crippen LogP contribution in [-0.4, -0.2) is 42.7 Å². The summed E-state index contributed by atoms with van der Waals surface area (Å²) in [6.07, 6.45) is 3.51. The van der Waals surface area contributed by atoms with Gasteiger partial charge in [0.15, 0.2) is 0 Å². The minimum atomic E-state index is 0.333. The number of rotatable bonds is 7. The van der Waals surface area contributed by atoms with E-state index in [0.29, 0.717) is 11.6 Å². The summed E-state index contributed by atoms with van der Waals surface area (Å²) in [6, 6.07) is 10.7. The maximum atomic E-state index is 5.82. The predicted molar refractivity (Wildman–Crippen MR) is 88.9 cm³/mol. The Morgan fingerprint density at radius 3 is 2.62 bits per heavy atom. The summed E-state index contributed by atoms with van der Waals surface area (Å²) in [5.41, 5.74) is 0.333. The van der Waals surface area contributed by atoms with E-state index in [1.54, 1.807) is 0 Å². The van der Waals surface area contributed by atoms with Crippen LogP contribution in [0.1, 0.15) is 40.0 Å². The van der Waals surface area contributed by atoms with Gasteiger partial charge < -0.3 is 10.1 Å². The zero-order valence-corrected chi connectivity index (χ0v) is 13.8. The molecule has 0 radical (unpaired) electrons. The molecule has 1 unspecified atom stereocenters. The highest BCUT2D eigenvalue weighted by atomic mass is 16.5. The van der Waals surface area contributed by atoms with E-state index < -0.39 is 0 Å². The number of para-hydroxylation sites is 1. The van der Waals surface area contributed by atoms with Crippen LogP contribution in [-0.2, 0) is 0 Å². The van der Waals surface area contributed by atoms with Crippen molar-refractivity contribution in [3.05, 3.63) is 30.3 Å². The predicted octanol–water partition coefficient (Wildman–Crippen LogP) is 3.31. The molecule has 2 rings (SSSR count). The van der Waals surface area contributed by atoms with E-state index in [4.69, 9.17) is 4.74 Å². The molecule has 21 heavy (non-hydrogen) atoms. The number of piperazine rings is 1. The van der Waals surface area contributed by atoms with Gasteiger partial charge in [0, 0.05) is 31.2 Å². The SMILES string of the molecule is CCC1(CC)CNC(C)CN1CCCOc1ccccc1. The molecule has 0 aromatic heterocycles. The van der Waals surface area contributed by atoms with E-state index in [2.05, 4.69) is 31.0 Å². The molecular formula is C18H30N2O. The second-order valence-corrected chi connectivity index (χ2v) is 6.17. The molecule has 1 fully saturated rings. The minimum Gasteiger partial charge on any atom is -0.494 e. The Labute approximate surface area is 129 Å². The summed E-state index contributed by atoms with van der Waals surface area (Å²) in [5.74, 6) is 0.975. The van der Waals surface area contributed by atoms with Crippen LogP contribution >= 0.6 is 0 Å². The lowest BCUT2D eigenvalue weighted by molar-refractivity contribution is 0.0311. The van der Waals surface area contributed by atoms with Gasteiger partial charge in [-0.05, 0) is 38.3 Å². The van der Waals surface area contributed by atoms with Crippen molar-refractivity contribution in [3.8, 4) is 5.75 Å². The van der Waals surface area contributed by atoms with Crippen LogP contribution in [0.2, 0.25) is 0 Å². The molecule has 0 bridgehead atoms. The van der Waals surface area contributed by atoms with Gasteiger partial charge in [0.25, 0.3) is 0 Å². The number of hydrogen-bond donors (Lipinski definition) is 1. The molecule has 1 heterocycles. The first-order valence-electron chi connectivity index (χ1n) is 8.36. The van der Waals surface area contributed by atoms with Crippen LogP contribution in [0.3, 0.4) is 0 Å². The molecule has 0 saturated carbocycles. The van der Waals surface area contributed by atoms with Crippen LogP contribution in [0.15, 0.2) is 30.3 Å². The summed E-state index contributed by atoms with van der Waals surface area (Å²) in [5, 5.41) is 3.65. The van der Waals surface area contributed by atoms with Crippen LogP contribution in [0.5, 0.6) is 5.75 Å². The minimum absolute atomic E-state index is 0.333. The normalized spacial score (nSPS) is 22.1. The molecule has 1 aliphatic heterocycles. The summed E-state index contributed by atoms with van der Waals surface area (Å²) in [6.45, 7) is 11.1. The van der Waals surface area contributed by atoms with Gasteiger partial charge in [0.05, 0.1) is 6.61 Å². The van der Waals surface area contributed by atoms with E-state index in [-0.39, 0.29) is 0 Å². The fraction of sp³-hybridized carbons (Fsp3) is 0.667. The van der Waals surface area contributed by atoms with Crippen molar-refractivity contribution in [3.63, 3.8) is 0 Å². The second kappa shape index (κ2) is 7.81. The monoisotopic (exact) mass is 290 g/mol. The zero-order valence-electron chi connectivity index (χ0n) is 13.8. The van der Waals surface area contributed by atoms with Crippen molar-refractivity contribution >= 4 is 0 Å². The fourth-order valence-electron chi connectivity index (χ4n) is 3.30. The molecule has 3 nitrogen and oxygen atoms in total. The van der Waals surface area contributed by atoms with Crippen LogP contribution in [0.4, 0.5) is 0 Å². The molecule has 0 aliphatic carbocycles. The standard InChI is InChI=1S/C18H30N2O/c1-4-18(5-2)15-19-16(3)14-20(18)12-9-13-21-17-10-7-6-8-11-17/h6-8,10-11,16,19H,4-5,9,12-15H2,1-3H3. The van der Waals surface area contributed by atoms with Gasteiger partial charge in [-0.15, -0.1) is 0 Å². The molecule has 1 aromatic rings. The number of ether oxygens (including phenoxy) is 1. The average Bonchev–Trinajstić information content (AvgIpc) is 2.53. The number of nitrogens with zero attached hydrogens (tertiary/aromatic N) is 1. The first-order chi connectivity index (χ1) is 10.2. The summed E-state index contributed by atoms with van der Waals surface area (Å²) in [4.78, 5) is 2.68. The third kappa shape index (κ3) is 4.21. The first kappa shape index (κ1) is 16.3. The van der Waals surface area contributed by atoms with Crippen molar-refractivity contribution in [1.29, 1.82) is 0 Å². The Morgan fingerprint density at radius 2 is 1.95 bits per heavy atom. The quantitative estimate of drug-likeness (QED) is 0.780. The Balaban J connectivity index is 1.82. The van der Waals surface area contributed by atoms with Crippen LogP contribution in [0.25, 0.3) is 0 Å².